The van der Waals surface area contributed by atoms with Crippen LogP contribution in [0.5, 0.6) is 0 Å². The number of fused-ring (bicyclic) bond motifs is 1. The van der Waals surface area contributed by atoms with Gasteiger partial charge in [-0.2, -0.15) is 0 Å². The SMILES string of the molecule is Cc1ccc2c(c1)CC(=O)N2CC(=O)NCc1ccc(F)cc1Cl. The maximum absolute atomic E-state index is 13.0. The largest absolute Gasteiger partial charge is 0.350 e. The highest BCUT2D eigenvalue weighted by Gasteiger charge is 2.28. The molecule has 1 aliphatic heterocycles. The van der Waals surface area contributed by atoms with Crippen LogP contribution in [0.1, 0.15) is 16.7 Å². The summed E-state index contributed by atoms with van der Waals surface area (Å²) in [5, 5.41) is 2.97. The molecule has 2 aromatic carbocycles. The van der Waals surface area contributed by atoms with E-state index in [1.165, 1.54) is 23.1 Å². The molecule has 24 heavy (non-hydrogen) atoms. The lowest BCUT2D eigenvalue weighted by molar-refractivity contribution is -0.123. The molecule has 0 bridgehead atoms. The van der Waals surface area contributed by atoms with Crippen LogP contribution in [0.15, 0.2) is 36.4 Å². The molecule has 0 unspecified atom stereocenters. The fourth-order valence-corrected chi connectivity index (χ4v) is 2.98. The Balaban J connectivity index is 1.64. The third-order valence-electron chi connectivity index (χ3n) is 3.96. The van der Waals surface area contributed by atoms with Gasteiger partial charge in [0.25, 0.3) is 0 Å². The van der Waals surface area contributed by atoms with Crippen molar-refractivity contribution in [2.45, 2.75) is 19.9 Å². The molecule has 2 aromatic rings. The summed E-state index contributed by atoms with van der Waals surface area (Å²) < 4.78 is 13.0. The molecular weight excluding hydrogens is 331 g/mol. The summed E-state index contributed by atoms with van der Waals surface area (Å²) in [5.74, 6) is -0.813. The second-order valence-electron chi connectivity index (χ2n) is 5.80. The van der Waals surface area contributed by atoms with E-state index in [2.05, 4.69) is 5.32 Å². The molecule has 0 atom stereocenters. The number of benzene rings is 2. The summed E-state index contributed by atoms with van der Waals surface area (Å²) in [4.78, 5) is 25.8. The molecule has 3 rings (SSSR count). The molecule has 0 spiro atoms. The molecule has 0 saturated heterocycles. The lowest BCUT2D eigenvalue weighted by atomic mass is 10.1. The molecule has 0 aliphatic carbocycles. The van der Waals surface area contributed by atoms with Gasteiger partial charge in [0.05, 0.1) is 6.42 Å². The van der Waals surface area contributed by atoms with Gasteiger partial charge in [-0.15, -0.1) is 0 Å². The van der Waals surface area contributed by atoms with Gasteiger partial charge in [-0.05, 0) is 36.2 Å². The minimum Gasteiger partial charge on any atom is -0.350 e. The summed E-state index contributed by atoms with van der Waals surface area (Å²) in [6.45, 7) is 2.10. The Morgan fingerprint density at radius 3 is 2.83 bits per heavy atom. The fraction of sp³-hybridized carbons (Fsp3) is 0.222. The number of rotatable bonds is 4. The first-order chi connectivity index (χ1) is 11.4. The highest BCUT2D eigenvalue weighted by atomic mass is 35.5. The molecule has 1 aliphatic rings. The number of amides is 2. The normalized spacial score (nSPS) is 13.1. The molecule has 4 nitrogen and oxygen atoms in total. The van der Waals surface area contributed by atoms with Crippen molar-refractivity contribution in [3.05, 3.63) is 63.9 Å². The van der Waals surface area contributed by atoms with Gasteiger partial charge in [0.15, 0.2) is 0 Å². The second kappa shape index (κ2) is 6.61. The summed E-state index contributed by atoms with van der Waals surface area (Å²) in [6, 6.07) is 9.75. The van der Waals surface area contributed by atoms with Crippen molar-refractivity contribution in [3.63, 3.8) is 0 Å². The predicted molar refractivity (Wildman–Crippen MR) is 90.5 cm³/mol. The lowest BCUT2D eigenvalue weighted by Gasteiger charge is -2.17. The van der Waals surface area contributed by atoms with Gasteiger partial charge >= 0.3 is 0 Å². The molecular formula is C18H16ClFN2O2. The molecule has 0 aromatic heterocycles. The number of hydrogen-bond donors (Lipinski definition) is 1. The Hall–Kier alpha value is -2.40. The summed E-state index contributed by atoms with van der Waals surface area (Å²) in [6.07, 6.45) is 0.314. The van der Waals surface area contributed by atoms with Crippen LogP contribution in [0, 0.1) is 12.7 Å². The minimum atomic E-state index is -0.426. The van der Waals surface area contributed by atoms with E-state index in [-0.39, 0.29) is 29.9 Å². The summed E-state index contributed by atoms with van der Waals surface area (Å²) >= 11 is 5.93. The molecule has 2 amide bonds. The zero-order valence-electron chi connectivity index (χ0n) is 13.1. The van der Waals surface area contributed by atoms with E-state index >= 15 is 0 Å². The van der Waals surface area contributed by atoms with Gasteiger partial charge in [-0.1, -0.05) is 35.4 Å². The van der Waals surface area contributed by atoms with E-state index in [1.807, 2.05) is 25.1 Å². The van der Waals surface area contributed by atoms with Gasteiger partial charge < -0.3 is 10.2 Å². The van der Waals surface area contributed by atoms with E-state index < -0.39 is 5.82 Å². The number of hydrogen-bond acceptors (Lipinski definition) is 2. The third kappa shape index (κ3) is 3.41. The van der Waals surface area contributed by atoms with Gasteiger partial charge in [-0.25, -0.2) is 4.39 Å². The second-order valence-corrected chi connectivity index (χ2v) is 6.21. The van der Waals surface area contributed by atoms with Gasteiger partial charge in [0.2, 0.25) is 11.8 Å². The van der Waals surface area contributed by atoms with E-state index in [0.717, 1.165) is 16.8 Å². The monoisotopic (exact) mass is 346 g/mol. The average molecular weight is 347 g/mol. The minimum absolute atomic E-state index is 0.0479. The molecule has 1 N–H and O–H groups in total. The molecule has 0 fully saturated rings. The number of carbonyl (C=O) groups excluding carboxylic acids is 2. The number of aryl methyl sites for hydroxylation is 1. The Labute approximate surface area is 144 Å². The fourth-order valence-electron chi connectivity index (χ4n) is 2.74. The Morgan fingerprint density at radius 1 is 1.29 bits per heavy atom. The van der Waals surface area contributed by atoms with Crippen LogP contribution in [0.3, 0.4) is 0 Å². The van der Waals surface area contributed by atoms with E-state index in [4.69, 9.17) is 11.6 Å². The van der Waals surface area contributed by atoms with Crippen LogP contribution in [-0.2, 0) is 22.6 Å². The third-order valence-corrected chi connectivity index (χ3v) is 4.31. The van der Waals surface area contributed by atoms with Gasteiger partial charge in [0.1, 0.15) is 12.4 Å². The highest BCUT2D eigenvalue weighted by Crippen LogP contribution is 2.29. The Kier molecular flexibility index (Phi) is 4.53. The van der Waals surface area contributed by atoms with Crippen LogP contribution in [0.4, 0.5) is 10.1 Å². The first-order valence-corrected chi connectivity index (χ1v) is 7.92. The van der Waals surface area contributed by atoms with Crippen LogP contribution >= 0.6 is 11.6 Å². The number of nitrogens with one attached hydrogen (secondary N) is 1. The molecule has 0 radical (unpaired) electrons. The van der Waals surface area contributed by atoms with Crippen molar-refractivity contribution >= 4 is 29.1 Å². The zero-order valence-corrected chi connectivity index (χ0v) is 13.9. The van der Waals surface area contributed by atoms with E-state index in [1.54, 1.807) is 0 Å². The molecule has 1 heterocycles. The summed E-state index contributed by atoms with van der Waals surface area (Å²) in [5.41, 5.74) is 3.42. The van der Waals surface area contributed by atoms with Crippen LogP contribution in [0.25, 0.3) is 0 Å². The molecule has 124 valence electrons. The van der Waals surface area contributed by atoms with Gasteiger partial charge in [0, 0.05) is 17.3 Å². The average Bonchev–Trinajstić information content (AvgIpc) is 2.81. The van der Waals surface area contributed by atoms with E-state index in [9.17, 15) is 14.0 Å². The maximum Gasteiger partial charge on any atom is 0.240 e. The number of halogens is 2. The first-order valence-electron chi connectivity index (χ1n) is 7.54. The van der Waals surface area contributed by atoms with Crippen molar-refractivity contribution in [1.82, 2.24) is 5.32 Å². The van der Waals surface area contributed by atoms with Gasteiger partial charge in [-0.3, -0.25) is 9.59 Å². The van der Waals surface area contributed by atoms with Crippen molar-refractivity contribution in [2.75, 3.05) is 11.4 Å². The summed E-state index contributed by atoms with van der Waals surface area (Å²) in [7, 11) is 0. The van der Waals surface area contributed by atoms with Crippen molar-refractivity contribution < 1.29 is 14.0 Å². The van der Waals surface area contributed by atoms with E-state index in [0.29, 0.717) is 12.0 Å². The predicted octanol–water partition coefficient (Wildman–Crippen LogP) is 2.99. The number of nitrogens with zero attached hydrogens (tertiary/aromatic N) is 1. The smallest absolute Gasteiger partial charge is 0.240 e. The van der Waals surface area contributed by atoms with Crippen molar-refractivity contribution in [1.29, 1.82) is 0 Å². The number of anilines is 1. The van der Waals surface area contributed by atoms with Crippen LogP contribution < -0.4 is 10.2 Å². The van der Waals surface area contributed by atoms with Crippen LogP contribution in [-0.4, -0.2) is 18.4 Å². The topological polar surface area (TPSA) is 49.4 Å². The Morgan fingerprint density at radius 2 is 2.08 bits per heavy atom. The molecule has 6 heteroatoms. The highest BCUT2D eigenvalue weighted by molar-refractivity contribution is 6.31. The Bertz CT molecular complexity index is 823. The van der Waals surface area contributed by atoms with Crippen LogP contribution in [0.2, 0.25) is 5.02 Å². The zero-order chi connectivity index (χ0) is 17.3. The maximum atomic E-state index is 13.0. The van der Waals surface area contributed by atoms with Crippen molar-refractivity contribution in [2.24, 2.45) is 0 Å². The molecule has 0 saturated carbocycles. The first kappa shape index (κ1) is 16.5. The lowest BCUT2D eigenvalue weighted by Crippen LogP contribution is -2.38. The van der Waals surface area contributed by atoms with Crippen molar-refractivity contribution in [3.8, 4) is 0 Å². The quantitative estimate of drug-likeness (QED) is 0.925. The standard InChI is InChI=1S/C18H16ClFN2O2/c1-11-2-5-16-13(6-11)7-18(24)22(16)10-17(23)21-9-12-3-4-14(20)8-15(12)19/h2-6,8H,7,9-10H2,1H3,(H,21,23). The number of carbonyl (C=O) groups is 2.